The molecule has 2 heterocycles. The fraction of sp³-hybridized carbons (Fsp3) is 0.167. The summed E-state index contributed by atoms with van der Waals surface area (Å²) in [5, 5.41) is 26.1. The van der Waals surface area contributed by atoms with Crippen molar-refractivity contribution in [3.05, 3.63) is 54.1 Å². The van der Waals surface area contributed by atoms with E-state index in [9.17, 15) is 5.11 Å². The molecule has 0 aliphatic rings. The van der Waals surface area contributed by atoms with E-state index in [1.165, 1.54) is 21.9 Å². The average molecular weight is 256 g/mol. The number of rotatable bonds is 3. The van der Waals surface area contributed by atoms with E-state index >= 15 is 0 Å². The number of para-hydroxylation sites is 1. The summed E-state index contributed by atoms with van der Waals surface area (Å²) >= 11 is 0. The second-order valence-corrected chi connectivity index (χ2v) is 4.08. The Labute approximate surface area is 109 Å². The summed E-state index contributed by atoms with van der Waals surface area (Å²) in [6, 6.07) is 9.51. The maximum absolute atomic E-state index is 10.2. The molecule has 0 saturated carbocycles. The molecular weight excluding hydrogens is 244 g/mol. The van der Waals surface area contributed by atoms with Crippen LogP contribution in [0.25, 0.3) is 5.69 Å². The van der Waals surface area contributed by atoms with Crippen molar-refractivity contribution in [1.29, 1.82) is 0 Å². The maximum Gasteiger partial charge on any atom is 0.143 e. The molecule has 2 aromatic heterocycles. The predicted molar refractivity (Wildman–Crippen MR) is 66.4 cm³/mol. The number of aliphatic hydroxyl groups excluding tert-OH is 1. The fourth-order valence-electron chi connectivity index (χ4n) is 1.78. The van der Waals surface area contributed by atoms with Gasteiger partial charge in [0.25, 0.3) is 0 Å². The molecule has 0 spiro atoms. The first kappa shape index (κ1) is 11.5. The molecule has 1 aromatic carbocycles. The molecule has 3 aromatic rings. The Balaban J connectivity index is 1.92. The number of aliphatic hydroxyl groups is 1. The van der Waals surface area contributed by atoms with Gasteiger partial charge in [0, 0.05) is 7.05 Å². The highest BCUT2D eigenvalue weighted by atomic mass is 16.3. The van der Waals surface area contributed by atoms with Crippen LogP contribution in [0.2, 0.25) is 0 Å². The van der Waals surface area contributed by atoms with Crippen molar-refractivity contribution < 1.29 is 5.11 Å². The topological polar surface area (TPSA) is 81.6 Å². The van der Waals surface area contributed by atoms with Crippen LogP contribution < -0.4 is 0 Å². The Morgan fingerprint density at radius 3 is 2.63 bits per heavy atom. The molecule has 0 aliphatic carbocycles. The first-order valence-electron chi connectivity index (χ1n) is 5.76. The van der Waals surface area contributed by atoms with Crippen LogP contribution in [0.1, 0.15) is 17.5 Å². The summed E-state index contributed by atoms with van der Waals surface area (Å²) in [4.78, 5) is 1.47. The van der Waals surface area contributed by atoms with Gasteiger partial charge in [-0.2, -0.15) is 15.0 Å². The van der Waals surface area contributed by atoms with Crippen molar-refractivity contribution in [3.63, 3.8) is 0 Å². The Morgan fingerprint density at radius 1 is 1.16 bits per heavy atom. The van der Waals surface area contributed by atoms with Crippen LogP contribution in [-0.2, 0) is 7.05 Å². The summed E-state index contributed by atoms with van der Waals surface area (Å²) in [5.41, 5.74) is 1.86. The van der Waals surface area contributed by atoms with E-state index in [1.807, 2.05) is 30.3 Å². The molecule has 1 atom stereocenters. The summed E-state index contributed by atoms with van der Waals surface area (Å²) in [6.45, 7) is 0. The van der Waals surface area contributed by atoms with Gasteiger partial charge >= 0.3 is 0 Å². The molecule has 0 aliphatic heterocycles. The highest BCUT2D eigenvalue weighted by Gasteiger charge is 2.18. The van der Waals surface area contributed by atoms with Gasteiger partial charge in [-0.05, 0) is 12.1 Å². The van der Waals surface area contributed by atoms with Crippen molar-refractivity contribution in [2.45, 2.75) is 6.10 Å². The number of aryl methyl sites for hydroxylation is 1. The van der Waals surface area contributed by atoms with Gasteiger partial charge in [-0.15, -0.1) is 5.10 Å². The zero-order valence-electron chi connectivity index (χ0n) is 10.2. The van der Waals surface area contributed by atoms with Gasteiger partial charge in [-0.3, -0.25) is 0 Å². The second-order valence-electron chi connectivity index (χ2n) is 4.08. The van der Waals surface area contributed by atoms with Crippen molar-refractivity contribution in [2.75, 3.05) is 0 Å². The van der Waals surface area contributed by atoms with Gasteiger partial charge in [0.1, 0.15) is 11.8 Å². The molecule has 0 fully saturated rings. The molecule has 1 N–H and O–H groups in total. The van der Waals surface area contributed by atoms with E-state index in [2.05, 4.69) is 20.5 Å². The largest absolute Gasteiger partial charge is 0.380 e. The molecule has 96 valence electrons. The zero-order chi connectivity index (χ0) is 13.2. The van der Waals surface area contributed by atoms with Crippen LogP contribution in [0.15, 0.2) is 42.7 Å². The minimum absolute atomic E-state index is 0.453. The lowest BCUT2D eigenvalue weighted by Crippen LogP contribution is -2.08. The molecule has 0 bridgehead atoms. The van der Waals surface area contributed by atoms with Crippen molar-refractivity contribution >= 4 is 0 Å². The number of hydrogen-bond donors (Lipinski definition) is 1. The highest BCUT2D eigenvalue weighted by Crippen LogP contribution is 2.18. The Morgan fingerprint density at radius 2 is 1.95 bits per heavy atom. The van der Waals surface area contributed by atoms with E-state index in [0.717, 1.165) is 5.69 Å². The predicted octanol–water partition coefficient (Wildman–Crippen LogP) is 0.477. The smallest absolute Gasteiger partial charge is 0.143 e. The lowest BCUT2D eigenvalue weighted by atomic mass is 10.2. The third-order valence-corrected chi connectivity index (χ3v) is 2.81. The van der Waals surface area contributed by atoms with Gasteiger partial charge in [-0.1, -0.05) is 23.4 Å². The minimum Gasteiger partial charge on any atom is -0.380 e. The molecule has 0 radical (unpaired) electrons. The molecule has 0 saturated heterocycles. The highest BCUT2D eigenvalue weighted by molar-refractivity contribution is 5.29. The van der Waals surface area contributed by atoms with Crippen LogP contribution in [-0.4, -0.2) is 35.1 Å². The van der Waals surface area contributed by atoms with Crippen LogP contribution in [0, 0.1) is 0 Å². The van der Waals surface area contributed by atoms with Crippen LogP contribution in [0.4, 0.5) is 0 Å². The Kier molecular flexibility index (Phi) is 2.81. The van der Waals surface area contributed by atoms with E-state index in [1.54, 1.807) is 7.05 Å². The van der Waals surface area contributed by atoms with Gasteiger partial charge in [0.05, 0.1) is 23.8 Å². The van der Waals surface area contributed by atoms with E-state index in [-0.39, 0.29) is 0 Å². The number of hydrogen-bond acceptors (Lipinski definition) is 5. The molecule has 0 amide bonds. The number of nitrogens with zero attached hydrogens (tertiary/aromatic N) is 6. The normalized spacial score (nSPS) is 12.5. The van der Waals surface area contributed by atoms with Gasteiger partial charge in [-0.25, -0.2) is 4.68 Å². The quantitative estimate of drug-likeness (QED) is 0.737. The first-order chi connectivity index (χ1) is 9.25. The average Bonchev–Trinajstić information content (AvgIpc) is 3.08. The van der Waals surface area contributed by atoms with Gasteiger partial charge in [0.2, 0.25) is 0 Å². The third kappa shape index (κ3) is 2.11. The van der Waals surface area contributed by atoms with Crippen molar-refractivity contribution in [1.82, 2.24) is 30.0 Å². The monoisotopic (exact) mass is 256 g/mol. The van der Waals surface area contributed by atoms with Gasteiger partial charge < -0.3 is 5.11 Å². The summed E-state index contributed by atoms with van der Waals surface area (Å²) in [5.74, 6) is 0. The molecule has 3 rings (SSSR count). The molecule has 7 nitrogen and oxygen atoms in total. The summed E-state index contributed by atoms with van der Waals surface area (Å²) in [7, 11) is 1.72. The Bertz CT molecular complexity index is 674. The lowest BCUT2D eigenvalue weighted by molar-refractivity contribution is 0.204. The van der Waals surface area contributed by atoms with E-state index in [0.29, 0.717) is 11.4 Å². The fourth-order valence-corrected chi connectivity index (χ4v) is 1.78. The summed E-state index contributed by atoms with van der Waals surface area (Å²) < 4.78 is 1.51. The number of benzene rings is 1. The lowest BCUT2D eigenvalue weighted by Gasteiger charge is -2.05. The van der Waals surface area contributed by atoms with Crippen LogP contribution >= 0.6 is 0 Å². The maximum atomic E-state index is 10.2. The van der Waals surface area contributed by atoms with E-state index in [4.69, 9.17) is 0 Å². The number of aromatic nitrogens is 6. The second kappa shape index (κ2) is 4.62. The zero-order valence-corrected chi connectivity index (χ0v) is 10.2. The van der Waals surface area contributed by atoms with Crippen molar-refractivity contribution in [2.24, 2.45) is 7.05 Å². The van der Waals surface area contributed by atoms with Crippen molar-refractivity contribution in [3.8, 4) is 5.69 Å². The molecule has 7 heteroatoms. The molecule has 19 heavy (non-hydrogen) atoms. The summed E-state index contributed by atoms with van der Waals surface area (Å²) in [6.07, 6.45) is 2.15. The standard InChI is InChI=1S/C12H12N6O/c1-17-11(8-13-16-17)12(19)10-7-14-18(15-10)9-5-3-2-4-6-9/h2-8,12,19H,1H3. The molecular formula is C12H12N6O. The SMILES string of the molecule is Cn1nncc1C(O)c1cnn(-c2ccccc2)n1. The third-order valence-electron chi connectivity index (χ3n) is 2.81. The van der Waals surface area contributed by atoms with Crippen LogP contribution in [0.5, 0.6) is 0 Å². The Hall–Kier alpha value is -2.54. The first-order valence-corrected chi connectivity index (χ1v) is 5.76. The van der Waals surface area contributed by atoms with Crippen LogP contribution in [0.3, 0.4) is 0 Å². The molecule has 1 unspecified atom stereocenters. The minimum atomic E-state index is -0.891. The van der Waals surface area contributed by atoms with Gasteiger partial charge in [0.15, 0.2) is 0 Å². The van der Waals surface area contributed by atoms with E-state index < -0.39 is 6.10 Å².